The molecule has 22 heavy (non-hydrogen) atoms. The Morgan fingerprint density at radius 1 is 1.09 bits per heavy atom. The van der Waals surface area contributed by atoms with Crippen LogP contribution in [-0.2, 0) is 0 Å². The van der Waals surface area contributed by atoms with Crippen LogP contribution in [0.3, 0.4) is 0 Å². The first kappa shape index (κ1) is 14.1. The third kappa shape index (κ3) is 2.93. The molecule has 0 spiro atoms. The van der Waals surface area contributed by atoms with Gasteiger partial charge in [0.05, 0.1) is 6.20 Å². The monoisotopic (exact) mass is 310 g/mol. The van der Waals surface area contributed by atoms with Crippen LogP contribution in [0.2, 0.25) is 5.02 Å². The van der Waals surface area contributed by atoms with Crippen molar-refractivity contribution in [3.8, 4) is 11.3 Å². The molecule has 0 aliphatic rings. The van der Waals surface area contributed by atoms with Crippen LogP contribution >= 0.6 is 11.6 Å². The number of benzene rings is 2. The zero-order valence-corrected chi connectivity index (χ0v) is 12.2. The first-order chi connectivity index (χ1) is 10.8. The van der Waals surface area contributed by atoms with E-state index in [1.54, 1.807) is 30.5 Å². The molecule has 1 aromatic heterocycles. The Labute approximate surface area is 131 Å². The number of hydrogen-bond acceptors (Lipinski definition) is 3. The summed E-state index contributed by atoms with van der Waals surface area (Å²) in [4.78, 5) is 2.90. The Kier molecular flexibility index (Phi) is 4.05. The van der Waals surface area contributed by atoms with Crippen molar-refractivity contribution in [3.63, 3.8) is 0 Å². The Bertz CT molecular complexity index is 806. The number of halogens is 1. The van der Waals surface area contributed by atoms with Crippen molar-refractivity contribution in [3.05, 3.63) is 81.8 Å². The van der Waals surface area contributed by atoms with Gasteiger partial charge in [-0.15, -0.1) is 5.10 Å². The summed E-state index contributed by atoms with van der Waals surface area (Å²) < 4.78 is 1.53. The van der Waals surface area contributed by atoms with Crippen LogP contribution in [-0.4, -0.2) is 15.0 Å². The molecule has 0 saturated carbocycles. The van der Waals surface area contributed by atoms with E-state index in [1.165, 1.54) is 4.68 Å². The van der Waals surface area contributed by atoms with Gasteiger partial charge in [0.25, 0.3) is 0 Å². The predicted molar refractivity (Wildman–Crippen MR) is 84.2 cm³/mol. The maximum Gasteiger partial charge on any atom is 0.157 e. The Hall–Kier alpha value is -2.82. The SMILES string of the molecule is [N-]=[N+]=NC(c1ccc(Cl)cc1)n1cc(-c2ccccc2)nn1. The fourth-order valence-electron chi connectivity index (χ4n) is 2.09. The third-order valence-electron chi connectivity index (χ3n) is 3.16. The highest BCUT2D eigenvalue weighted by atomic mass is 35.5. The minimum absolute atomic E-state index is 0.604. The van der Waals surface area contributed by atoms with Crippen LogP contribution < -0.4 is 0 Å². The van der Waals surface area contributed by atoms with Crippen molar-refractivity contribution in [1.82, 2.24) is 15.0 Å². The minimum atomic E-state index is -0.604. The van der Waals surface area contributed by atoms with E-state index in [1.807, 2.05) is 30.3 Å². The fourth-order valence-corrected chi connectivity index (χ4v) is 2.22. The first-order valence-electron chi connectivity index (χ1n) is 6.55. The summed E-state index contributed by atoms with van der Waals surface area (Å²) in [7, 11) is 0. The molecule has 1 heterocycles. The number of aromatic nitrogens is 3. The lowest BCUT2D eigenvalue weighted by Crippen LogP contribution is -2.08. The van der Waals surface area contributed by atoms with Gasteiger partial charge in [-0.05, 0) is 23.2 Å². The molecule has 0 fully saturated rings. The van der Waals surface area contributed by atoms with Gasteiger partial charge in [0.15, 0.2) is 6.17 Å². The van der Waals surface area contributed by atoms with Crippen LogP contribution in [0.5, 0.6) is 0 Å². The molecule has 7 heteroatoms. The van der Waals surface area contributed by atoms with Crippen molar-refractivity contribution in [2.75, 3.05) is 0 Å². The number of rotatable bonds is 4. The second-order valence-electron chi connectivity index (χ2n) is 4.58. The van der Waals surface area contributed by atoms with Gasteiger partial charge in [0.1, 0.15) is 5.69 Å². The lowest BCUT2D eigenvalue weighted by molar-refractivity contribution is 0.520. The van der Waals surface area contributed by atoms with Crippen molar-refractivity contribution >= 4 is 11.6 Å². The van der Waals surface area contributed by atoms with Crippen molar-refractivity contribution in [2.45, 2.75) is 6.17 Å². The average Bonchev–Trinajstić information content (AvgIpc) is 3.04. The van der Waals surface area contributed by atoms with Gasteiger partial charge in [-0.25, -0.2) is 4.68 Å². The molecule has 1 unspecified atom stereocenters. The summed E-state index contributed by atoms with van der Waals surface area (Å²) in [6.07, 6.45) is 1.15. The summed E-state index contributed by atoms with van der Waals surface area (Å²) in [6, 6.07) is 16.8. The Balaban J connectivity index is 1.98. The molecule has 3 rings (SSSR count). The number of azide groups is 1. The second-order valence-corrected chi connectivity index (χ2v) is 5.02. The Morgan fingerprint density at radius 2 is 1.82 bits per heavy atom. The highest BCUT2D eigenvalue weighted by molar-refractivity contribution is 6.30. The summed E-state index contributed by atoms with van der Waals surface area (Å²) >= 11 is 5.89. The van der Waals surface area contributed by atoms with Crippen molar-refractivity contribution in [2.24, 2.45) is 5.11 Å². The molecule has 108 valence electrons. The van der Waals surface area contributed by atoms with E-state index in [-0.39, 0.29) is 0 Å². The average molecular weight is 311 g/mol. The molecule has 6 nitrogen and oxygen atoms in total. The molecule has 0 radical (unpaired) electrons. The molecular weight excluding hydrogens is 300 g/mol. The van der Waals surface area contributed by atoms with Gasteiger partial charge in [0, 0.05) is 15.5 Å². The molecule has 3 aromatic rings. The molecule has 0 amide bonds. The molecule has 1 atom stereocenters. The predicted octanol–water partition coefficient (Wildman–Crippen LogP) is 4.46. The van der Waals surface area contributed by atoms with E-state index in [2.05, 4.69) is 20.3 Å². The fraction of sp³-hybridized carbons (Fsp3) is 0.0667. The summed E-state index contributed by atoms with van der Waals surface area (Å²) in [5.74, 6) is 0. The quantitative estimate of drug-likeness (QED) is 0.405. The normalized spacial score (nSPS) is 11.7. The van der Waals surface area contributed by atoms with Gasteiger partial charge in [0.2, 0.25) is 0 Å². The molecule has 0 aliphatic carbocycles. The van der Waals surface area contributed by atoms with Crippen molar-refractivity contribution in [1.29, 1.82) is 0 Å². The first-order valence-corrected chi connectivity index (χ1v) is 6.92. The van der Waals surface area contributed by atoms with Gasteiger partial charge in [-0.2, -0.15) is 0 Å². The lowest BCUT2D eigenvalue weighted by Gasteiger charge is -2.11. The van der Waals surface area contributed by atoms with E-state index in [0.29, 0.717) is 10.7 Å². The maximum absolute atomic E-state index is 8.81. The molecule has 0 saturated heterocycles. The highest BCUT2D eigenvalue weighted by Crippen LogP contribution is 2.23. The second kappa shape index (κ2) is 6.30. The molecule has 0 aliphatic heterocycles. The van der Waals surface area contributed by atoms with Gasteiger partial charge in [-0.1, -0.05) is 64.4 Å². The molecule has 0 bridgehead atoms. The van der Waals surface area contributed by atoms with Gasteiger partial charge < -0.3 is 0 Å². The maximum atomic E-state index is 8.81. The highest BCUT2D eigenvalue weighted by Gasteiger charge is 2.14. The summed E-state index contributed by atoms with van der Waals surface area (Å²) in [5, 5.41) is 12.6. The zero-order chi connectivity index (χ0) is 15.4. The number of nitrogens with zero attached hydrogens (tertiary/aromatic N) is 6. The van der Waals surface area contributed by atoms with Gasteiger partial charge >= 0.3 is 0 Å². The van der Waals surface area contributed by atoms with Crippen LogP contribution in [0.1, 0.15) is 11.7 Å². The van der Waals surface area contributed by atoms with Gasteiger partial charge in [-0.3, -0.25) is 0 Å². The van der Waals surface area contributed by atoms with Crippen LogP contribution in [0.25, 0.3) is 21.7 Å². The zero-order valence-electron chi connectivity index (χ0n) is 11.4. The lowest BCUT2D eigenvalue weighted by atomic mass is 10.1. The smallest absolute Gasteiger partial charge is 0.157 e. The van der Waals surface area contributed by atoms with E-state index in [9.17, 15) is 0 Å². The molecule has 0 N–H and O–H groups in total. The third-order valence-corrected chi connectivity index (χ3v) is 3.41. The summed E-state index contributed by atoms with van der Waals surface area (Å²) in [6.45, 7) is 0. The van der Waals surface area contributed by atoms with E-state index in [4.69, 9.17) is 17.1 Å². The standard InChI is InChI=1S/C15H11ClN6/c16-13-8-6-12(7-9-13)15(19-20-17)22-10-14(18-21-22)11-4-2-1-3-5-11/h1-10,15H. The molecular formula is C15H11ClN6. The largest absolute Gasteiger partial charge is 0.238 e. The molecule has 2 aromatic carbocycles. The van der Waals surface area contributed by atoms with Crippen LogP contribution in [0, 0.1) is 0 Å². The minimum Gasteiger partial charge on any atom is -0.238 e. The van der Waals surface area contributed by atoms with E-state index in [0.717, 1.165) is 11.1 Å². The van der Waals surface area contributed by atoms with Crippen molar-refractivity contribution < 1.29 is 0 Å². The van der Waals surface area contributed by atoms with Crippen LogP contribution in [0.15, 0.2) is 65.9 Å². The van der Waals surface area contributed by atoms with E-state index >= 15 is 0 Å². The summed E-state index contributed by atoms with van der Waals surface area (Å²) in [5.41, 5.74) is 11.3. The van der Waals surface area contributed by atoms with E-state index < -0.39 is 6.17 Å². The number of hydrogen-bond donors (Lipinski definition) is 0. The Morgan fingerprint density at radius 3 is 2.50 bits per heavy atom. The van der Waals surface area contributed by atoms with Crippen LogP contribution in [0.4, 0.5) is 0 Å². The topological polar surface area (TPSA) is 79.5 Å².